The van der Waals surface area contributed by atoms with Crippen LogP contribution < -0.4 is 4.74 Å². The fourth-order valence-corrected chi connectivity index (χ4v) is 2.74. The zero-order valence-corrected chi connectivity index (χ0v) is 11.7. The first-order valence-electron chi connectivity index (χ1n) is 6.82. The summed E-state index contributed by atoms with van der Waals surface area (Å²) in [5, 5.41) is 0. The van der Waals surface area contributed by atoms with Gasteiger partial charge >= 0.3 is 6.36 Å². The lowest BCUT2D eigenvalue weighted by Gasteiger charge is -2.34. The first kappa shape index (κ1) is 15.8. The van der Waals surface area contributed by atoms with E-state index in [1.165, 1.54) is 25.3 Å². The van der Waals surface area contributed by atoms with E-state index in [9.17, 15) is 18.0 Å². The van der Waals surface area contributed by atoms with E-state index in [0.29, 0.717) is 12.8 Å². The molecule has 0 spiro atoms. The van der Waals surface area contributed by atoms with Crippen molar-refractivity contribution in [2.45, 2.75) is 44.1 Å². The summed E-state index contributed by atoms with van der Waals surface area (Å²) >= 11 is 0. The number of halogens is 3. The molecule has 0 atom stereocenters. The standard InChI is InChI=1S/C15H17F3O3/c1-20-14(8-3-2-4-9-14)13(19)11-6-5-7-12(10-11)21-15(16,17)18/h5-7,10H,2-4,8-9H2,1H3. The minimum absolute atomic E-state index is 0.181. The van der Waals surface area contributed by atoms with Crippen molar-refractivity contribution in [3.05, 3.63) is 29.8 Å². The number of hydrogen-bond donors (Lipinski definition) is 0. The van der Waals surface area contributed by atoms with E-state index < -0.39 is 17.7 Å². The highest BCUT2D eigenvalue weighted by molar-refractivity contribution is 6.02. The molecule has 0 unspecified atom stereocenters. The molecule has 0 radical (unpaired) electrons. The summed E-state index contributed by atoms with van der Waals surface area (Å²) in [5.41, 5.74) is -0.741. The maximum absolute atomic E-state index is 12.6. The molecule has 1 aromatic rings. The van der Waals surface area contributed by atoms with Gasteiger partial charge in [0.05, 0.1) is 0 Å². The maximum Gasteiger partial charge on any atom is 0.573 e. The fourth-order valence-electron chi connectivity index (χ4n) is 2.74. The van der Waals surface area contributed by atoms with Crippen LogP contribution in [0.25, 0.3) is 0 Å². The van der Waals surface area contributed by atoms with Gasteiger partial charge in [0.25, 0.3) is 0 Å². The summed E-state index contributed by atoms with van der Waals surface area (Å²) in [5.74, 6) is -0.673. The number of carbonyl (C=O) groups excluding carboxylic acids is 1. The van der Waals surface area contributed by atoms with E-state index in [-0.39, 0.29) is 11.3 Å². The molecule has 0 aliphatic heterocycles. The van der Waals surface area contributed by atoms with Crippen LogP contribution in [0.3, 0.4) is 0 Å². The van der Waals surface area contributed by atoms with E-state index in [4.69, 9.17) is 4.74 Å². The largest absolute Gasteiger partial charge is 0.573 e. The predicted octanol–water partition coefficient (Wildman–Crippen LogP) is 4.12. The number of methoxy groups -OCH3 is 1. The molecule has 0 aromatic heterocycles. The smallest absolute Gasteiger partial charge is 0.406 e. The van der Waals surface area contributed by atoms with Gasteiger partial charge in [-0.25, -0.2) is 0 Å². The van der Waals surface area contributed by atoms with Crippen molar-refractivity contribution in [1.29, 1.82) is 0 Å². The van der Waals surface area contributed by atoms with Crippen molar-refractivity contribution in [2.75, 3.05) is 7.11 Å². The summed E-state index contributed by atoms with van der Waals surface area (Å²) in [4.78, 5) is 12.6. The number of ketones is 1. The summed E-state index contributed by atoms with van der Waals surface area (Å²) in [6.07, 6.45) is -0.808. The van der Waals surface area contributed by atoms with Gasteiger partial charge in [-0.05, 0) is 25.0 Å². The molecule has 1 saturated carbocycles. The number of benzene rings is 1. The Bertz CT molecular complexity index is 505. The van der Waals surface area contributed by atoms with Crippen LogP contribution in [0.5, 0.6) is 5.75 Å². The SMILES string of the molecule is COC1(C(=O)c2cccc(OC(F)(F)F)c2)CCCCC1. The molecule has 1 aliphatic rings. The first-order valence-corrected chi connectivity index (χ1v) is 6.82. The normalized spacial score (nSPS) is 18.3. The van der Waals surface area contributed by atoms with Gasteiger partial charge < -0.3 is 9.47 Å². The molecular weight excluding hydrogens is 285 g/mol. The molecule has 2 rings (SSSR count). The minimum Gasteiger partial charge on any atom is -0.406 e. The van der Waals surface area contributed by atoms with Gasteiger partial charge in [0.2, 0.25) is 0 Å². The van der Waals surface area contributed by atoms with Crippen LogP contribution in [0.1, 0.15) is 42.5 Å². The highest BCUT2D eigenvalue weighted by Crippen LogP contribution is 2.35. The first-order chi connectivity index (χ1) is 9.86. The van der Waals surface area contributed by atoms with Gasteiger partial charge in [-0.3, -0.25) is 4.79 Å². The number of carbonyl (C=O) groups is 1. The molecule has 0 N–H and O–H groups in total. The summed E-state index contributed by atoms with van der Waals surface area (Å²) in [7, 11) is 1.47. The van der Waals surface area contributed by atoms with Crippen molar-refractivity contribution < 1.29 is 27.4 Å². The Balaban J connectivity index is 2.24. The third-order valence-corrected chi connectivity index (χ3v) is 3.80. The van der Waals surface area contributed by atoms with E-state index in [1.807, 2.05) is 0 Å². The van der Waals surface area contributed by atoms with Gasteiger partial charge in [0, 0.05) is 12.7 Å². The van der Waals surface area contributed by atoms with Crippen LogP contribution in [0, 0.1) is 0 Å². The van der Waals surface area contributed by atoms with E-state index in [1.54, 1.807) is 0 Å². The second kappa shape index (κ2) is 6.05. The molecule has 1 aromatic carbocycles. The lowest BCUT2D eigenvalue weighted by Crippen LogP contribution is -2.42. The summed E-state index contributed by atoms with van der Waals surface area (Å²) < 4.78 is 46.0. The Hall–Kier alpha value is -1.56. The van der Waals surface area contributed by atoms with Gasteiger partial charge in [-0.2, -0.15) is 0 Å². The molecule has 116 valence electrons. The monoisotopic (exact) mass is 302 g/mol. The van der Waals surface area contributed by atoms with Gasteiger partial charge in [0.1, 0.15) is 11.4 Å². The van der Waals surface area contributed by atoms with Gasteiger partial charge in [0.15, 0.2) is 5.78 Å². The van der Waals surface area contributed by atoms with E-state index >= 15 is 0 Å². The van der Waals surface area contributed by atoms with Gasteiger partial charge in [-0.15, -0.1) is 13.2 Å². The average Bonchev–Trinajstić information content (AvgIpc) is 2.45. The number of alkyl halides is 3. The Labute approximate surface area is 121 Å². The summed E-state index contributed by atoms with van der Waals surface area (Å²) in [6, 6.07) is 5.15. The second-order valence-electron chi connectivity index (χ2n) is 5.16. The Morgan fingerprint density at radius 2 is 1.86 bits per heavy atom. The molecule has 21 heavy (non-hydrogen) atoms. The number of ether oxygens (including phenoxy) is 2. The Morgan fingerprint density at radius 3 is 2.43 bits per heavy atom. The van der Waals surface area contributed by atoms with Crippen LogP contribution in [-0.2, 0) is 4.74 Å². The zero-order chi connectivity index (χ0) is 15.5. The lowest BCUT2D eigenvalue weighted by atomic mass is 9.79. The van der Waals surface area contributed by atoms with E-state index in [0.717, 1.165) is 25.3 Å². The molecule has 1 aliphatic carbocycles. The Kier molecular flexibility index (Phi) is 4.56. The topological polar surface area (TPSA) is 35.5 Å². The molecule has 0 bridgehead atoms. The molecule has 0 heterocycles. The van der Waals surface area contributed by atoms with Crippen molar-refractivity contribution in [1.82, 2.24) is 0 Å². The summed E-state index contributed by atoms with van der Waals surface area (Å²) in [6.45, 7) is 0. The van der Waals surface area contributed by atoms with Crippen LogP contribution >= 0.6 is 0 Å². The molecule has 3 nitrogen and oxygen atoms in total. The predicted molar refractivity (Wildman–Crippen MR) is 70.3 cm³/mol. The highest BCUT2D eigenvalue weighted by Gasteiger charge is 2.40. The minimum atomic E-state index is -4.77. The molecule has 6 heteroatoms. The third-order valence-electron chi connectivity index (χ3n) is 3.80. The van der Waals surface area contributed by atoms with Gasteiger partial charge in [-0.1, -0.05) is 31.4 Å². The van der Waals surface area contributed by atoms with Crippen LogP contribution in [-0.4, -0.2) is 24.9 Å². The van der Waals surface area contributed by atoms with E-state index in [2.05, 4.69) is 4.74 Å². The highest BCUT2D eigenvalue weighted by atomic mass is 19.4. The lowest BCUT2D eigenvalue weighted by molar-refractivity contribution is -0.274. The maximum atomic E-state index is 12.6. The molecular formula is C15H17F3O3. The molecule has 0 amide bonds. The zero-order valence-electron chi connectivity index (χ0n) is 11.7. The van der Waals surface area contributed by atoms with Crippen molar-refractivity contribution in [2.24, 2.45) is 0 Å². The molecule has 0 saturated heterocycles. The second-order valence-corrected chi connectivity index (χ2v) is 5.16. The fraction of sp³-hybridized carbons (Fsp3) is 0.533. The van der Waals surface area contributed by atoms with Crippen molar-refractivity contribution in [3.8, 4) is 5.75 Å². The number of Topliss-reactive ketones (excluding diaryl/α,β-unsaturated/α-hetero) is 1. The molecule has 1 fully saturated rings. The number of rotatable bonds is 4. The van der Waals surface area contributed by atoms with Crippen LogP contribution in [0.2, 0.25) is 0 Å². The van der Waals surface area contributed by atoms with Crippen LogP contribution in [0.15, 0.2) is 24.3 Å². The quantitative estimate of drug-likeness (QED) is 0.785. The van der Waals surface area contributed by atoms with Crippen molar-refractivity contribution >= 4 is 5.78 Å². The third kappa shape index (κ3) is 3.75. The number of hydrogen-bond acceptors (Lipinski definition) is 3. The van der Waals surface area contributed by atoms with Crippen molar-refractivity contribution in [3.63, 3.8) is 0 Å². The Morgan fingerprint density at radius 1 is 1.19 bits per heavy atom. The average molecular weight is 302 g/mol. The van der Waals surface area contributed by atoms with Crippen LogP contribution in [0.4, 0.5) is 13.2 Å².